The Morgan fingerprint density at radius 3 is 2.29 bits per heavy atom. The fourth-order valence-electron chi connectivity index (χ4n) is 4.21. The van der Waals surface area contributed by atoms with Crippen molar-refractivity contribution in [3.63, 3.8) is 0 Å². The number of para-hydroxylation sites is 1. The molecule has 0 radical (unpaired) electrons. The van der Waals surface area contributed by atoms with Gasteiger partial charge in [-0.1, -0.05) is 74.7 Å². The highest BCUT2D eigenvalue weighted by Gasteiger charge is 2.47. The third-order valence-electron chi connectivity index (χ3n) is 6.10. The number of hydrogen-bond donors (Lipinski definition) is 1. The monoisotopic (exact) mass is 485 g/mol. The summed E-state index contributed by atoms with van der Waals surface area (Å²) in [5, 5.41) is 11.5. The third-order valence-corrected chi connectivity index (χ3v) is 8.12. The number of benzene rings is 2. The van der Waals surface area contributed by atoms with Gasteiger partial charge in [-0.15, -0.1) is 0 Å². The van der Waals surface area contributed by atoms with Crippen LogP contribution in [0.15, 0.2) is 60.7 Å². The van der Waals surface area contributed by atoms with E-state index in [2.05, 4.69) is 12.0 Å². The summed E-state index contributed by atoms with van der Waals surface area (Å²) in [5.74, 6) is 2.08. The van der Waals surface area contributed by atoms with Gasteiger partial charge >= 0.3 is 13.7 Å². The van der Waals surface area contributed by atoms with Gasteiger partial charge < -0.3 is 14.4 Å². The number of carbonyl (C=O) groups is 1. The molecule has 0 spiro atoms. The predicted molar refractivity (Wildman–Crippen MR) is 130 cm³/mol. The first-order valence-corrected chi connectivity index (χ1v) is 13.1. The zero-order chi connectivity index (χ0) is 24.4. The first-order valence-electron chi connectivity index (χ1n) is 11.6. The Labute approximate surface area is 201 Å². The number of aliphatic hydroxyl groups is 1. The summed E-state index contributed by atoms with van der Waals surface area (Å²) in [5.41, 5.74) is -1.26. The second-order valence-corrected chi connectivity index (χ2v) is 10.2. The summed E-state index contributed by atoms with van der Waals surface area (Å²) in [4.78, 5) is 13.1. The molecule has 2 aromatic rings. The van der Waals surface area contributed by atoms with E-state index in [-0.39, 0.29) is 12.5 Å². The van der Waals surface area contributed by atoms with Crippen molar-refractivity contribution < 1.29 is 28.3 Å². The largest absolute Gasteiger partial charge is 0.461 e. The van der Waals surface area contributed by atoms with Crippen LogP contribution in [0.1, 0.15) is 44.6 Å². The van der Waals surface area contributed by atoms with E-state index in [1.807, 2.05) is 12.1 Å². The smallest absolute Gasteiger partial charge is 0.413 e. The Morgan fingerprint density at radius 1 is 1.09 bits per heavy atom. The number of hydrogen-bond acceptors (Lipinski definition) is 6. The average Bonchev–Trinajstić information content (AvgIpc) is 2.89. The molecular formula is C26H32NO6P. The standard InChI is InChI=1S/C26H32NO6P/c1-3-27(34(30,31-2)33-24-18-11-6-12-19-24)20-13-21-32-25(28)26(29,22-14-7-4-8-15-22)23-16-9-5-10-17-23/h4,6-8,11-12,14-15,18-19,23,29H,3,5,9-10,16-17,20H2,1-2H3. The normalized spacial score (nSPS) is 17.6. The Kier molecular flexibility index (Phi) is 9.32. The Bertz CT molecular complexity index is 1030. The molecule has 2 atom stereocenters. The maximum atomic E-state index is 13.2. The molecule has 0 bridgehead atoms. The average molecular weight is 486 g/mol. The van der Waals surface area contributed by atoms with E-state index in [0.29, 0.717) is 17.9 Å². The number of nitrogens with zero attached hydrogens (tertiary/aromatic N) is 1. The van der Waals surface area contributed by atoms with Crippen LogP contribution in [0.4, 0.5) is 0 Å². The number of rotatable bonds is 9. The third kappa shape index (κ3) is 6.08. The summed E-state index contributed by atoms with van der Waals surface area (Å²) in [6, 6.07) is 17.6. The van der Waals surface area contributed by atoms with Crippen LogP contribution in [0.3, 0.4) is 0 Å². The quantitative estimate of drug-likeness (QED) is 0.300. The number of esters is 1. The minimum absolute atomic E-state index is 0.0189. The van der Waals surface area contributed by atoms with Crippen LogP contribution in [-0.2, 0) is 24.2 Å². The molecule has 1 saturated carbocycles. The predicted octanol–water partition coefficient (Wildman–Crippen LogP) is 5.11. The number of ether oxygens (including phenoxy) is 1. The van der Waals surface area contributed by atoms with Gasteiger partial charge in [-0.3, -0.25) is 4.52 Å². The molecule has 1 fully saturated rings. The molecular weight excluding hydrogens is 453 g/mol. The molecule has 2 aromatic carbocycles. The van der Waals surface area contributed by atoms with Crippen molar-refractivity contribution >= 4 is 13.7 Å². The first kappa shape index (κ1) is 26.0. The SMILES string of the molecule is CCN(CC#COC(=O)C(O)(c1ccccc1)C1CCCCC1)P(=O)(OC)Oc1ccccc1. The van der Waals surface area contributed by atoms with Crippen molar-refractivity contribution in [1.29, 1.82) is 0 Å². The lowest BCUT2D eigenvalue weighted by atomic mass is 9.73. The van der Waals surface area contributed by atoms with E-state index in [9.17, 15) is 14.5 Å². The van der Waals surface area contributed by atoms with Gasteiger partial charge in [-0.2, -0.15) is 4.67 Å². The van der Waals surface area contributed by atoms with E-state index in [1.54, 1.807) is 55.5 Å². The second kappa shape index (κ2) is 12.2. The topological polar surface area (TPSA) is 85.3 Å². The molecule has 2 unspecified atom stereocenters. The molecule has 7 nitrogen and oxygen atoms in total. The van der Waals surface area contributed by atoms with E-state index in [1.165, 1.54) is 11.8 Å². The maximum absolute atomic E-state index is 13.2. The summed E-state index contributed by atoms with van der Waals surface area (Å²) in [7, 11) is -2.35. The van der Waals surface area contributed by atoms with Crippen molar-refractivity contribution in [1.82, 2.24) is 4.67 Å². The lowest BCUT2D eigenvalue weighted by Gasteiger charge is -2.36. The van der Waals surface area contributed by atoms with Crippen LogP contribution < -0.4 is 4.52 Å². The van der Waals surface area contributed by atoms with Crippen LogP contribution >= 0.6 is 7.75 Å². The summed E-state index contributed by atoms with van der Waals surface area (Å²) in [6.45, 7) is 2.11. The highest BCUT2D eigenvalue weighted by molar-refractivity contribution is 7.51. The fraction of sp³-hybridized carbons (Fsp3) is 0.423. The van der Waals surface area contributed by atoms with Gasteiger partial charge in [-0.05, 0) is 36.5 Å². The summed E-state index contributed by atoms with van der Waals surface area (Å²) < 4.78 is 30.7. The fourth-order valence-corrected chi connectivity index (χ4v) is 5.61. The van der Waals surface area contributed by atoms with Gasteiger partial charge in [0.05, 0.1) is 6.54 Å². The molecule has 0 aromatic heterocycles. The molecule has 1 N–H and O–H groups in total. The van der Waals surface area contributed by atoms with Gasteiger partial charge in [0.15, 0.2) is 5.60 Å². The zero-order valence-corrected chi connectivity index (χ0v) is 20.6. The molecule has 1 aliphatic rings. The van der Waals surface area contributed by atoms with Gasteiger partial charge in [0.25, 0.3) is 0 Å². The van der Waals surface area contributed by atoms with E-state index in [4.69, 9.17) is 13.8 Å². The molecule has 0 amide bonds. The van der Waals surface area contributed by atoms with Crippen LogP contribution in [0.5, 0.6) is 5.75 Å². The first-order chi connectivity index (χ1) is 16.4. The highest BCUT2D eigenvalue weighted by Crippen LogP contribution is 2.50. The molecule has 3 rings (SSSR count). The lowest BCUT2D eigenvalue weighted by Crippen LogP contribution is -2.44. The molecule has 182 valence electrons. The van der Waals surface area contributed by atoms with Gasteiger partial charge in [0.1, 0.15) is 11.9 Å². The van der Waals surface area contributed by atoms with E-state index >= 15 is 0 Å². The lowest BCUT2D eigenvalue weighted by molar-refractivity contribution is -0.168. The maximum Gasteiger partial charge on any atom is 0.461 e. The van der Waals surface area contributed by atoms with Crippen molar-refractivity contribution in [2.24, 2.45) is 5.92 Å². The zero-order valence-electron chi connectivity index (χ0n) is 19.7. The van der Waals surface area contributed by atoms with Gasteiger partial charge in [0.2, 0.25) is 0 Å². The van der Waals surface area contributed by atoms with Crippen molar-refractivity contribution in [2.75, 3.05) is 20.2 Å². The molecule has 1 aliphatic carbocycles. The Morgan fingerprint density at radius 2 is 1.71 bits per heavy atom. The van der Waals surface area contributed by atoms with Crippen LogP contribution in [0, 0.1) is 17.9 Å². The van der Waals surface area contributed by atoms with Gasteiger partial charge in [-0.25, -0.2) is 9.36 Å². The van der Waals surface area contributed by atoms with E-state index in [0.717, 1.165) is 32.1 Å². The molecule has 0 heterocycles. The van der Waals surface area contributed by atoms with Crippen LogP contribution in [-0.4, -0.2) is 35.9 Å². The summed E-state index contributed by atoms with van der Waals surface area (Å²) >= 11 is 0. The van der Waals surface area contributed by atoms with Crippen molar-refractivity contribution in [2.45, 2.75) is 44.6 Å². The second-order valence-electron chi connectivity index (χ2n) is 8.17. The van der Waals surface area contributed by atoms with E-state index < -0.39 is 19.3 Å². The summed E-state index contributed by atoms with van der Waals surface area (Å²) in [6.07, 6.45) is 6.88. The van der Waals surface area contributed by atoms with Gasteiger partial charge in [0, 0.05) is 19.6 Å². The Hall–Kier alpha value is -2.62. The van der Waals surface area contributed by atoms with Crippen LogP contribution in [0.2, 0.25) is 0 Å². The molecule has 8 heteroatoms. The molecule has 34 heavy (non-hydrogen) atoms. The Balaban J connectivity index is 1.72. The molecule has 0 aliphatic heterocycles. The minimum atomic E-state index is -3.66. The minimum Gasteiger partial charge on any atom is -0.413 e. The number of carbonyl (C=O) groups excluding carboxylic acids is 1. The van der Waals surface area contributed by atoms with Crippen molar-refractivity contribution in [3.05, 3.63) is 66.2 Å². The van der Waals surface area contributed by atoms with Crippen molar-refractivity contribution in [3.8, 4) is 17.8 Å². The van der Waals surface area contributed by atoms with Crippen LogP contribution in [0.25, 0.3) is 0 Å². The highest BCUT2D eigenvalue weighted by atomic mass is 31.2. The molecule has 0 saturated heterocycles.